The Hall–Kier alpha value is -2.65. The second kappa shape index (κ2) is 8.95. The van der Waals surface area contributed by atoms with Crippen molar-refractivity contribution in [2.45, 2.75) is 57.4 Å². The van der Waals surface area contributed by atoms with Gasteiger partial charge in [0.2, 0.25) is 17.7 Å². The molecule has 0 aliphatic carbocycles. The highest BCUT2D eigenvalue weighted by Crippen LogP contribution is 2.58. The highest BCUT2D eigenvalue weighted by molar-refractivity contribution is 6.03. The summed E-state index contributed by atoms with van der Waals surface area (Å²) in [6.45, 7) is 7.36. The lowest BCUT2D eigenvalue weighted by atomic mass is 9.70. The SMILES string of the molecule is CCN(CC)c1ccc(NC(=O)C2N([C@H](C)CO)C(=O)[C@@H]3[C@H](C(=O)NC)[C@@H]4CCC23O4)cc1. The van der Waals surface area contributed by atoms with Crippen LogP contribution in [0.3, 0.4) is 0 Å². The Morgan fingerprint density at radius 1 is 1.24 bits per heavy atom. The van der Waals surface area contributed by atoms with Gasteiger partial charge in [-0.1, -0.05) is 0 Å². The Morgan fingerprint density at radius 3 is 2.48 bits per heavy atom. The third-order valence-electron chi connectivity index (χ3n) is 7.54. The first-order valence-corrected chi connectivity index (χ1v) is 11.8. The van der Waals surface area contributed by atoms with Crippen molar-refractivity contribution in [1.29, 1.82) is 0 Å². The van der Waals surface area contributed by atoms with Crippen LogP contribution in [0.2, 0.25) is 0 Å². The average Bonchev–Trinajstić information content (AvgIpc) is 3.47. The smallest absolute Gasteiger partial charge is 0.250 e. The van der Waals surface area contributed by atoms with Crippen molar-refractivity contribution < 1.29 is 24.2 Å². The number of aliphatic hydroxyl groups excluding tert-OH is 1. The fraction of sp³-hybridized carbons (Fsp3) is 0.625. The Labute approximate surface area is 194 Å². The highest BCUT2D eigenvalue weighted by atomic mass is 16.5. The van der Waals surface area contributed by atoms with Gasteiger partial charge in [-0.2, -0.15) is 0 Å². The van der Waals surface area contributed by atoms with E-state index in [1.165, 1.54) is 4.90 Å². The van der Waals surface area contributed by atoms with Crippen LogP contribution in [0, 0.1) is 11.8 Å². The number of nitrogens with zero attached hydrogens (tertiary/aromatic N) is 2. The Bertz CT molecular complexity index is 918. The predicted molar refractivity (Wildman–Crippen MR) is 124 cm³/mol. The third-order valence-corrected chi connectivity index (χ3v) is 7.54. The lowest BCUT2D eigenvalue weighted by molar-refractivity contribution is -0.143. The number of anilines is 2. The molecule has 0 radical (unpaired) electrons. The standard InChI is InChI=1S/C24H34N4O5/c1-5-27(6-2)16-9-7-15(8-10-16)26-22(31)20-24-12-11-17(33-24)18(21(30)25-4)19(24)23(32)28(20)14(3)13-29/h7-10,14,17-20,29H,5-6,11-13H2,1-4H3,(H,25,30)(H,26,31)/t14-,17+,18-,19+,20?,24?/m1/s1. The number of hydrogen-bond donors (Lipinski definition) is 3. The van der Waals surface area contributed by atoms with Gasteiger partial charge in [0.1, 0.15) is 11.6 Å². The van der Waals surface area contributed by atoms with Gasteiger partial charge in [-0.25, -0.2) is 0 Å². The topological polar surface area (TPSA) is 111 Å². The van der Waals surface area contributed by atoms with Gasteiger partial charge in [0.15, 0.2) is 0 Å². The molecule has 0 aromatic heterocycles. The number of fused-ring (bicyclic) bond motifs is 1. The number of benzene rings is 1. The molecular weight excluding hydrogens is 424 g/mol. The number of ether oxygens (including phenoxy) is 1. The molecule has 6 atom stereocenters. The van der Waals surface area contributed by atoms with Crippen LogP contribution in [0.25, 0.3) is 0 Å². The summed E-state index contributed by atoms with van der Waals surface area (Å²) in [4.78, 5) is 43.4. The molecule has 1 aromatic carbocycles. The maximum Gasteiger partial charge on any atom is 0.250 e. The molecule has 3 aliphatic rings. The summed E-state index contributed by atoms with van der Waals surface area (Å²) in [5.74, 6) is -2.27. The third kappa shape index (κ3) is 3.58. The first kappa shape index (κ1) is 23.5. The molecule has 3 aliphatic heterocycles. The number of rotatable bonds is 8. The maximum absolute atomic E-state index is 13.6. The van der Waals surface area contributed by atoms with E-state index in [9.17, 15) is 19.5 Å². The van der Waals surface area contributed by atoms with Gasteiger partial charge in [-0.15, -0.1) is 0 Å². The number of likely N-dealkylation sites (tertiary alicyclic amines) is 1. The van der Waals surface area contributed by atoms with Crippen LogP contribution in [0.4, 0.5) is 11.4 Å². The second-order valence-corrected chi connectivity index (χ2v) is 9.16. The molecule has 1 aromatic rings. The molecule has 3 heterocycles. The fourth-order valence-corrected chi connectivity index (χ4v) is 5.97. The van der Waals surface area contributed by atoms with Gasteiger partial charge in [0, 0.05) is 31.5 Å². The molecule has 2 bridgehead atoms. The molecule has 33 heavy (non-hydrogen) atoms. The van der Waals surface area contributed by atoms with Crippen molar-refractivity contribution in [3.05, 3.63) is 24.3 Å². The molecule has 3 amide bonds. The average molecular weight is 459 g/mol. The minimum atomic E-state index is -1.06. The van der Waals surface area contributed by atoms with Gasteiger partial charge in [0.05, 0.1) is 30.6 Å². The number of hydrogen-bond acceptors (Lipinski definition) is 6. The molecule has 1 spiro atoms. The normalized spacial score (nSPS) is 30.8. The highest BCUT2D eigenvalue weighted by Gasteiger charge is 2.74. The first-order chi connectivity index (χ1) is 15.8. The quantitative estimate of drug-likeness (QED) is 0.535. The van der Waals surface area contributed by atoms with Crippen molar-refractivity contribution in [1.82, 2.24) is 10.2 Å². The van der Waals surface area contributed by atoms with Crippen LogP contribution in [0.5, 0.6) is 0 Å². The van der Waals surface area contributed by atoms with E-state index in [0.29, 0.717) is 18.5 Å². The maximum atomic E-state index is 13.6. The molecular formula is C24H34N4O5. The number of aliphatic hydroxyl groups is 1. The van der Waals surface area contributed by atoms with Crippen LogP contribution in [-0.2, 0) is 19.1 Å². The van der Waals surface area contributed by atoms with Crippen molar-refractivity contribution in [3.8, 4) is 0 Å². The van der Waals surface area contributed by atoms with Gasteiger partial charge >= 0.3 is 0 Å². The number of carbonyl (C=O) groups is 3. The zero-order valence-corrected chi connectivity index (χ0v) is 19.7. The van der Waals surface area contributed by atoms with E-state index in [-0.39, 0.29) is 30.4 Å². The van der Waals surface area contributed by atoms with Gasteiger partial charge in [0.25, 0.3) is 0 Å². The summed E-state index contributed by atoms with van der Waals surface area (Å²) < 4.78 is 6.29. The molecule has 3 fully saturated rings. The summed E-state index contributed by atoms with van der Waals surface area (Å²) in [5, 5.41) is 15.4. The monoisotopic (exact) mass is 458 g/mol. The lowest BCUT2D eigenvalue weighted by Gasteiger charge is -2.35. The van der Waals surface area contributed by atoms with Crippen LogP contribution >= 0.6 is 0 Å². The Kier molecular flexibility index (Phi) is 6.37. The summed E-state index contributed by atoms with van der Waals surface area (Å²) in [6, 6.07) is 6.11. The first-order valence-electron chi connectivity index (χ1n) is 11.8. The number of carbonyl (C=O) groups excluding carboxylic acids is 3. The van der Waals surface area contributed by atoms with E-state index < -0.39 is 29.5 Å². The summed E-state index contributed by atoms with van der Waals surface area (Å²) in [6.07, 6.45) is 0.759. The van der Waals surface area contributed by atoms with E-state index >= 15 is 0 Å². The molecule has 180 valence electrons. The van der Waals surface area contributed by atoms with E-state index in [1.807, 2.05) is 24.3 Å². The summed E-state index contributed by atoms with van der Waals surface area (Å²) >= 11 is 0. The van der Waals surface area contributed by atoms with Crippen molar-refractivity contribution in [3.63, 3.8) is 0 Å². The molecule has 3 saturated heterocycles. The van der Waals surface area contributed by atoms with Gasteiger partial charge < -0.3 is 30.3 Å². The molecule has 4 rings (SSSR count). The van der Waals surface area contributed by atoms with E-state index in [2.05, 4.69) is 29.4 Å². The van der Waals surface area contributed by atoms with E-state index in [0.717, 1.165) is 18.8 Å². The molecule has 9 heteroatoms. The minimum absolute atomic E-state index is 0.246. The zero-order valence-electron chi connectivity index (χ0n) is 19.7. The molecule has 2 unspecified atom stereocenters. The minimum Gasteiger partial charge on any atom is -0.394 e. The molecule has 3 N–H and O–H groups in total. The van der Waals surface area contributed by atoms with Crippen LogP contribution in [0.15, 0.2) is 24.3 Å². The largest absolute Gasteiger partial charge is 0.394 e. The lowest BCUT2D eigenvalue weighted by Crippen LogP contribution is -2.55. The van der Waals surface area contributed by atoms with Crippen LogP contribution in [0.1, 0.15) is 33.6 Å². The van der Waals surface area contributed by atoms with Gasteiger partial charge in [-0.05, 0) is 57.9 Å². The number of nitrogens with one attached hydrogen (secondary N) is 2. The molecule has 9 nitrogen and oxygen atoms in total. The fourth-order valence-electron chi connectivity index (χ4n) is 5.97. The second-order valence-electron chi connectivity index (χ2n) is 9.16. The van der Waals surface area contributed by atoms with Crippen LogP contribution < -0.4 is 15.5 Å². The summed E-state index contributed by atoms with van der Waals surface area (Å²) in [5.41, 5.74) is 0.623. The molecule has 0 saturated carbocycles. The van der Waals surface area contributed by atoms with Crippen LogP contribution in [-0.4, -0.2) is 78.3 Å². The number of amides is 3. The van der Waals surface area contributed by atoms with Gasteiger partial charge in [-0.3, -0.25) is 14.4 Å². The van der Waals surface area contributed by atoms with E-state index in [1.54, 1.807) is 14.0 Å². The van der Waals surface area contributed by atoms with E-state index in [4.69, 9.17) is 4.74 Å². The Balaban J connectivity index is 1.64. The Morgan fingerprint density at radius 2 is 1.91 bits per heavy atom. The zero-order chi connectivity index (χ0) is 23.9. The predicted octanol–water partition coefficient (Wildman–Crippen LogP) is 0.973. The van der Waals surface area contributed by atoms with Crippen molar-refractivity contribution in [2.75, 3.05) is 37.0 Å². The van der Waals surface area contributed by atoms with Crippen molar-refractivity contribution >= 4 is 29.1 Å². The van der Waals surface area contributed by atoms with Crippen molar-refractivity contribution in [2.24, 2.45) is 11.8 Å². The summed E-state index contributed by atoms with van der Waals surface area (Å²) in [7, 11) is 1.54.